The number of hydrogen-bond donors (Lipinski definition) is 1. The number of likely N-dealkylation sites (tertiary alicyclic amines) is 1. The first-order valence-corrected chi connectivity index (χ1v) is 14.0. The molecule has 42 heavy (non-hydrogen) atoms. The van der Waals surface area contributed by atoms with E-state index in [1.807, 2.05) is 60.7 Å². The summed E-state index contributed by atoms with van der Waals surface area (Å²) in [4.78, 5) is 30.9. The second-order valence-electron chi connectivity index (χ2n) is 11.1. The van der Waals surface area contributed by atoms with E-state index in [9.17, 15) is 22.8 Å². The zero-order chi connectivity index (χ0) is 30.5. The van der Waals surface area contributed by atoms with Crippen molar-refractivity contribution in [2.75, 3.05) is 34.3 Å². The van der Waals surface area contributed by atoms with Crippen LogP contribution in [0.2, 0.25) is 0 Å². The molecule has 0 aromatic heterocycles. The summed E-state index contributed by atoms with van der Waals surface area (Å²) < 4.78 is 45.3. The van der Waals surface area contributed by atoms with Crippen LogP contribution in [-0.2, 0) is 21.1 Å². The molecule has 0 aliphatic carbocycles. The number of nitrogens with one attached hydrogen (secondary N) is 1. The molecular formula is C33H38F3N3O3. The van der Waals surface area contributed by atoms with Crippen molar-refractivity contribution in [1.82, 2.24) is 15.1 Å². The Morgan fingerprint density at radius 1 is 0.952 bits per heavy atom. The van der Waals surface area contributed by atoms with Crippen LogP contribution in [0.25, 0.3) is 0 Å². The van der Waals surface area contributed by atoms with Gasteiger partial charge in [-0.1, -0.05) is 66.7 Å². The summed E-state index contributed by atoms with van der Waals surface area (Å²) in [6, 6.07) is 23.6. The monoisotopic (exact) mass is 581 g/mol. The maximum atomic E-state index is 14.1. The van der Waals surface area contributed by atoms with Crippen molar-refractivity contribution in [2.45, 2.75) is 49.5 Å². The van der Waals surface area contributed by atoms with Gasteiger partial charge in [0, 0.05) is 45.9 Å². The summed E-state index contributed by atoms with van der Waals surface area (Å²) in [5.41, 5.74) is -0.0211. The van der Waals surface area contributed by atoms with Gasteiger partial charge in [0.25, 0.3) is 5.91 Å². The van der Waals surface area contributed by atoms with Gasteiger partial charge in [0.15, 0.2) is 0 Å². The number of ether oxygens (including phenoxy) is 1. The predicted octanol–water partition coefficient (Wildman–Crippen LogP) is 5.38. The molecule has 4 rings (SSSR count). The van der Waals surface area contributed by atoms with E-state index in [-0.39, 0.29) is 29.7 Å². The number of methoxy groups -OCH3 is 1. The van der Waals surface area contributed by atoms with Crippen molar-refractivity contribution in [3.05, 3.63) is 107 Å². The number of halogens is 3. The van der Waals surface area contributed by atoms with Gasteiger partial charge in [0.05, 0.1) is 17.7 Å². The number of hydrogen-bond acceptors (Lipinski definition) is 4. The number of rotatable bonds is 9. The molecule has 1 aliphatic rings. The molecule has 1 unspecified atom stereocenters. The smallest absolute Gasteiger partial charge is 0.378 e. The van der Waals surface area contributed by atoms with Crippen LogP contribution in [0.5, 0.6) is 0 Å². The molecule has 1 aliphatic heterocycles. The molecule has 3 atom stereocenters. The molecule has 224 valence electrons. The van der Waals surface area contributed by atoms with Crippen molar-refractivity contribution >= 4 is 11.8 Å². The summed E-state index contributed by atoms with van der Waals surface area (Å²) in [7, 11) is 5.11. The minimum absolute atomic E-state index is 0.0155. The van der Waals surface area contributed by atoms with E-state index >= 15 is 0 Å². The van der Waals surface area contributed by atoms with Crippen molar-refractivity contribution in [2.24, 2.45) is 0 Å². The van der Waals surface area contributed by atoms with E-state index in [1.54, 1.807) is 26.1 Å². The average molecular weight is 582 g/mol. The quantitative estimate of drug-likeness (QED) is 0.369. The molecule has 1 heterocycles. The predicted molar refractivity (Wildman–Crippen MR) is 156 cm³/mol. The third-order valence-corrected chi connectivity index (χ3v) is 8.19. The Morgan fingerprint density at radius 2 is 1.52 bits per heavy atom. The molecule has 3 aromatic rings. The van der Waals surface area contributed by atoms with Gasteiger partial charge in [0.2, 0.25) is 5.91 Å². The van der Waals surface area contributed by atoms with Crippen LogP contribution in [0, 0.1) is 0 Å². The van der Waals surface area contributed by atoms with Crippen LogP contribution in [0.15, 0.2) is 84.9 Å². The summed E-state index contributed by atoms with van der Waals surface area (Å²) >= 11 is 0. The van der Waals surface area contributed by atoms with E-state index in [4.69, 9.17) is 4.74 Å². The highest BCUT2D eigenvalue weighted by molar-refractivity contribution is 5.94. The van der Waals surface area contributed by atoms with Gasteiger partial charge in [0.1, 0.15) is 5.41 Å². The Bertz CT molecular complexity index is 1310. The second kappa shape index (κ2) is 13.1. The number of carbonyl (C=O) groups is 2. The number of amides is 2. The van der Waals surface area contributed by atoms with Crippen LogP contribution >= 0.6 is 0 Å². The SMILES string of the molecule is CO[C@H]1CN(C(C)CC(C(=O)N(C)C)(c2ccccc2)c2ccccc2)CC[C@@H]1NC(=O)c1cccc(C(F)(F)F)c1. The maximum absolute atomic E-state index is 14.1. The largest absolute Gasteiger partial charge is 0.416 e. The highest BCUT2D eigenvalue weighted by Gasteiger charge is 2.45. The number of piperidine rings is 1. The molecular weight excluding hydrogens is 543 g/mol. The molecule has 9 heteroatoms. The van der Waals surface area contributed by atoms with Gasteiger partial charge in [-0.25, -0.2) is 0 Å². The molecule has 0 spiro atoms. The van der Waals surface area contributed by atoms with Crippen LogP contribution in [0.3, 0.4) is 0 Å². The fraction of sp³-hybridized carbons (Fsp3) is 0.394. The van der Waals surface area contributed by atoms with Gasteiger partial charge in [-0.2, -0.15) is 13.2 Å². The molecule has 1 N–H and O–H groups in total. The summed E-state index contributed by atoms with van der Waals surface area (Å²) in [5, 5.41) is 2.89. The molecule has 0 radical (unpaired) electrons. The number of likely N-dealkylation sites (N-methyl/N-ethyl adjacent to an activating group) is 1. The number of alkyl halides is 3. The summed E-state index contributed by atoms with van der Waals surface area (Å²) in [5.74, 6) is -0.586. The van der Waals surface area contributed by atoms with E-state index < -0.39 is 23.1 Å². The molecule has 6 nitrogen and oxygen atoms in total. The Morgan fingerprint density at radius 3 is 2.05 bits per heavy atom. The Labute approximate surface area is 245 Å². The highest BCUT2D eigenvalue weighted by Crippen LogP contribution is 2.40. The normalized spacial score (nSPS) is 18.7. The van der Waals surface area contributed by atoms with Gasteiger partial charge < -0.3 is 15.0 Å². The van der Waals surface area contributed by atoms with Crippen LogP contribution in [-0.4, -0.2) is 74.1 Å². The zero-order valence-corrected chi connectivity index (χ0v) is 24.4. The molecule has 1 saturated heterocycles. The first-order valence-electron chi connectivity index (χ1n) is 14.0. The lowest BCUT2D eigenvalue weighted by Gasteiger charge is -2.44. The van der Waals surface area contributed by atoms with E-state index in [2.05, 4.69) is 17.1 Å². The van der Waals surface area contributed by atoms with Crippen molar-refractivity contribution < 1.29 is 27.5 Å². The van der Waals surface area contributed by atoms with Crippen molar-refractivity contribution in [3.8, 4) is 0 Å². The first-order chi connectivity index (χ1) is 20.0. The Kier molecular flexibility index (Phi) is 9.74. The Hall–Kier alpha value is -3.69. The number of benzene rings is 3. The van der Waals surface area contributed by atoms with Gasteiger partial charge >= 0.3 is 6.18 Å². The van der Waals surface area contributed by atoms with Crippen molar-refractivity contribution in [1.29, 1.82) is 0 Å². The fourth-order valence-corrected chi connectivity index (χ4v) is 5.97. The minimum atomic E-state index is -4.53. The highest BCUT2D eigenvalue weighted by atomic mass is 19.4. The second-order valence-corrected chi connectivity index (χ2v) is 11.1. The molecule has 1 fully saturated rings. The van der Waals surface area contributed by atoms with Gasteiger partial charge in [-0.3, -0.25) is 14.5 Å². The molecule has 0 saturated carbocycles. The zero-order valence-electron chi connectivity index (χ0n) is 24.4. The minimum Gasteiger partial charge on any atom is -0.378 e. The molecule has 3 aromatic carbocycles. The standard InChI is InChI=1S/C33H38F3N3O3/c1-23(21-32(31(41)38(2)3,25-13-7-5-8-14-25)26-15-9-6-10-16-26)39-19-18-28(29(22-39)42-4)37-30(40)24-12-11-17-27(20-24)33(34,35)36/h5-17,20,23,28-29H,18-19,21-22H2,1-4H3,(H,37,40)/t23?,28-,29-/m0/s1. The lowest BCUT2D eigenvalue weighted by atomic mass is 9.69. The first kappa shape index (κ1) is 31.3. The maximum Gasteiger partial charge on any atom is 0.416 e. The van der Waals surface area contributed by atoms with Crippen LogP contribution < -0.4 is 5.32 Å². The third kappa shape index (κ3) is 6.68. The lowest BCUT2D eigenvalue weighted by molar-refractivity contribution is -0.137. The Balaban J connectivity index is 1.55. The van der Waals surface area contributed by atoms with Gasteiger partial charge in [-0.15, -0.1) is 0 Å². The summed E-state index contributed by atoms with van der Waals surface area (Å²) in [6.07, 6.45) is -3.87. The topological polar surface area (TPSA) is 61.9 Å². The van der Waals surface area contributed by atoms with Crippen LogP contribution in [0.4, 0.5) is 13.2 Å². The number of nitrogens with zero attached hydrogens (tertiary/aromatic N) is 2. The fourth-order valence-electron chi connectivity index (χ4n) is 5.97. The van der Waals surface area contributed by atoms with E-state index in [0.29, 0.717) is 25.9 Å². The van der Waals surface area contributed by atoms with Crippen molar-refractivity contribution in [3.63, 3.8) is 0 Å². The average Bonchev–Trinajstić information content (AvgIpc) is 3.00. The van der Waals surface area contributed by atoms with Crippen LogP contribution in [0.1, 0.15) is 46.8 Å². The number of carbonyl (C=O) groups excluding carboxylic acids is 2. The molecule has 0 bridgehead atoms. The van der Waals surface area contributed by atoms with Gasteiger partial charge in [-0.05, 0) is 49.1 Å². The van der Waals surface area contributed by atoms with E-state index in [0.717, 1.165) is 23.3 Å². The summed E-state index contributed by atoms with van der Waals surface area (Å²) in [6.45, 7) is 3.20. The van der Waals surface area contributed by atoms with E-state index in [1.165, 1.54) is 12.1 Å². The molecule has 2 amide bonds. The third-order valence-electron chi connectivity index (χ3n) is 8.19. The lowest BCUT2D eigenvalue weighted by Crippen LogP contribution is -2.58.